The number of hydrogen-bond donors (Lipinski definition) is 1. The Labute approximate surface area is 145 Å². The van der Waals surface area contributed by atoms with E-state index >= 15 is 0 Å². The Morgan fingerprint density at radius 2 is 2.00 bits per heavy atom. The van der Waals surface area contributed by atoms with E-state index in [0.29, 0.717) is 23.3 Å². The lowest BCUT2D eigenvalue weighted by Crippen LogP contribution is -2.24. The van der Waals surface area contributed by atoms with Gasteiger partial charge in [0.25, 0.3) is 0 Å². The van der Waals surface area contributed by atoms with Crippen molar-refractivity contribution < 1.29 is 4.74 Å². The van der Waals surface area contributed by atoms with Crippen LogP contribution in [0.1, 0.15) is 12.6 Å². The van der Waals surface area contributed by atoms with Crippen molar-refractivity contribution in [3.63, 3.8) is 0 Å². The standard InChI is InChI=1S/C17H18ClN5O/c1-12(21-17-16(18)13(2)19-11-20-17)10-24-15-8-9-23(22-15)14-6-4-3-5-7-14/h3-9,11-12H,10H2,1-2H3,(H,19,20,21). The van der Waals surface area contributed by atoms with E-state index in [1.165, 1.54) is 6.33 Å². The highest BCUT2D eigenvalue weighted by Crippen LogP contribution is 2.21. The molecule has 2 aromatic heterocycles. The van der Waals surface area contributed by atoms with Crippen molar-refractivity contribution in [3.05, 3.63) is 59.6 Å². The molecule has 3 aromatic rings. The number of aryl methyl sites for hydroxylation is 1. The summed E-state index contributed by atoms with van der Waals surface area (Å²) in [5.74, 6) is 1.17. The van der Waals surface area contributed by atoms with Crippen LogP contribution in [0, 0.1) is 6.92 Å². The van der Waals surface area contributed by atoms with Crippen LogP contribution in [-0.2, 0) is 0 Å². The number of ether oxygens (including phenoxy) is 1. The van der Waals surface area contributed by atoms with E-state index in [1.807, 2.05) is 56.4 Å². The molecule has 0 fully saturated rings. The molecule has 1 unspecified atom stereocenters. The molecule has 0 aliphatic rings. The normalized spacial score (nSPS) is 12.0. The molecule has 0 aliphatic carbocycles. The second-order valence-corrected chi connectivity index (χ2v) is 5.79. The first-order valence-corrected chi connectivity index (χ1v) is 7.99. The highest BCUT2D eigenvalue weighted by molar-refractivity contribution is 6.33. The van der Waals surface area contributed by atoms with Crippen molar-refractivity contribution in [1.29, 1.82) is 0 Å². The van der Waals surface area contributed by atoms with Crippen LogP contribution in [0.15, 0.2) is 48.9 Å². The Bertz CT molecular complexity index is 806. The second kappa shape index (κ2) is 7.31. The third-order valence-electron chi connectivity index (χ3n) is 3.41. The summed E-state index contributed by atoms with van der Waals surface area (Å²) in [6, 6.07) is 11.7. The van der Waals surface area contributed by atoms with Crippen LogP contribution in [0.5, 0.6) is 5.88 Å². The van der Waals surface area contributed by atoms with Crippen LogP contribution in [0.25, 0.3) is 5.69 Å². The molecule has 0 bridgehead atoms. The fourth-order valence-electron chi connectivity index (χ4n) is 2.15. The van der Waals surface area contributed by atoms with Gasteiger partial charge in [-0.3, -0.25) is 0 Å². The number of rotatable bonds is 6. The Morgan fingerprint density at radius 1 is 1.21 bits per heavy atom. The average Bonchev–Trinajstić information content (AvgIpc) is 3.07. The number of halogens is 1. The van der Waals surface area contributed by atoms with E-state index in [-0.39, 0.29) is 6.04 Å². The van der Waals surface area contributed by atoms with Crippen molar-refractivity contribution in [2.45, 2.75) is 19.9 Å². The molecule has 124 valence electrons. The summed E-state index contributed by atoms with van der Waals surface area (Å²) >= 11 is 6.18. The van der Waals surface area contributed by atoms with Gasteiger partial charge in [0.2, 0.25) is 5.88 Å². The van der Waals surface area contributed by atoms with Gasteiger partial charge in [-0.1, -0.05) is 29.8 Å². The van der Waals surface area contributed by atoms with Crippen molar-refractivity contribution in [2.24, 2.45) is 0 Å². The molecule has 0 saturated carbocycles. The maximum atomic E-state index is 6.18. The molecule has 24 heavy (non-hydrogen) atoms. The Morgan fingerprint density at radius 3 is 2.79 bits per heavy atom. The van der Waals surface area contributed by atoms with Gasteiger partial charge in [-0.15, -0.1) is 5.10 Å². The van der Waals surface area contributed by atoms with Crippen LogP contribution in [0.4, 0.5) is 5.82 Å². The number of aromatic nitrogens is 4. The lowest BCUT2D eigenvalue weighted by Gasteiger charge is -2.15. The van der Waals surface area contributed by atoms with Crippen molar-refractivity contribution >= 4 is 17.4 Å². The zero-order valence-corrected chi connectivity index (χ0v) is 14.2. The van der Waals surface area contributed by atoms with Gasteiger partial charge in [-0.2, -0.15) is 0 Å². The highest BCUT2D eigenvalue weighted by Gasteiger charge is 2.10. The number of nitrogens with zero attached hydrogens (tertiary/aromatic N) is 4. The van der Waals surface area contributed by atoms with Crippen molar-refractivity contribution in [3.8, 4) is 11.6 Å². The second-order valence-electron chi connectivity index (χ2n) is 5.41. The third kappa shape index (κ3) is 3.83. The number of benzene rings is 1. The van der Waals surface area contributed by atoms with E-state index in [0.717, 1.165) is 11.4 Å². The summed E-state index contributed by atoms with van der Waals surface area (Å²) in [7, 11) is 0. The number of para-hydroxylation sites is 1. The van der Waals surface area contributed by atoms with Gasteiger partial charge in [0.05, 0.1) is 17.4 Å². The molecule has 0 saturated heterocycles. The summed E-state index contributed by atoms with van der Waals surface area (Å²) in [6.45, 7) is 4.26. The summed E-state index contributed by atoms with van der Waals surface area (Å²) in [5.41, 5.74) is 1.73. The van der Waals surface area contributed by atoms with E-state index in [2.05, 4.69) is 20.4 Å². The first-order valence-electron chi connectivity index (χ1n) is 7.61. The molecule has 1 aromatic carbocycles. The molecular weight excluding hydrogens is 326 g/mol. The van der Waals surface area contributed by atoms with Crippen LogP contribution >= 0.6 is 11.6 Å². The van der Waals surface area contributed by atoms with Crippen LogP contribution in [0.2, 0.25) is 5.02 Å². The molecule has 0 spiro atoms. The van der Waals surface area contributed by atoms with Gasteiger partial charge in [0, 0.05) is 12.3 Å². The van der Waals surface area contributed by atoms with Gasteiger partial charge in [-0.25, -0.2) is 14.6 Å². The molecule has 7 heteroatoms. The fraction of sp³-hybridized carbons (Fsp3) is 0.235. The minimum atomic E-state index is 0.0127. The number of anilines is 1. The molecule has 3 rings (SSSR count). The topological polar surface area (TPSA) is 64.9 Å². The molecule has 1 atom stereocenters. The summed E-state index contributed by atoms with van der Waals surface area (Å²) in [4.78, 5) is 8.19. The van der Waals surface area contributed by atoms with Crippen LogP contribution in [-0.4, -0.2) is 32.4 Å². The first kappa shape index (κ1) is 16.3. The minimum absolute atomic E-state index is 0.0127. The monoisotopic (exact) mass is 343 g/mol. The predicted octanol–water partition coefficient (Wildman–Crippen LogP) is 3.50. The molecule has 0 aliphatic heterocycles. The molecule has 2 heterocycles. The zero-order chi connectivity index (χ0) is 16.9. The first-order chi connectivity index (χ1) is 11.6. The number of nitrogens with one attached hydrogen (secondary N) is 1. The van der Waals surface area contributed by atoms with Gasteiger partial charge in [0.1, 0.15) is 23.8 Å². The largest absolute Gasteiger partial charge is 0.474 e. The summed E-state index contributed by atoms with van der Waals surface area (Å²) in [6.07, 6.45) is 3.35. The fourth-order valence-corrected chi connectivity index (χ4v) is 2.30. The predicted molar refractivity (Wildman–Crippen MR) is 93.9 cm³/mol. The Balaban J connectivity index is 1.58. The van der Waals surface area contributed by atoms with Crippen LogP contribution < -0.4 is 10.1 Å². The molecule has 6 nitrogen and oxygen atoms in total. The minimum Gasteiger partial charge on any atom is -0.474 e. The Kier molecular flexibility index (Phi) is 4.96. The molecular formula is C17H18ClN5O. The van der Waals surface area contributed by atoms with Crippen molar-refractivity contribution in [1.82, 2.24) is 19.7 Å². The van der Waals surface area contributed by atoms with E-state index in [4.69, 9.17) is 16.3 Å². The van der Waals surface area contributed by atoms with E-state index in [9.17, 15) is 0 Å². The van der Waals surface area contributed by atoms with Gasteiger partial charge in [-0.05, 0) is 26.0 Å². The van der Waals surface area contributed by atoms with Gasteiger partial charge in [0.15, 0.2) is 0 Å². The van der Waals surface area contributed by atoms with Gasteiger partial charge < -0.3 is 10.1 Å². The highest BCUT2D eigenvalue weighted by atomic mass is 35.5. The third-order valence-corrected chi connectivity index (χ3v) is 3.87. The van der Waals surface area contributed by atoms with Gasteiger partial charge >= 0.3 is 0 Å². The number of hydrogen-bond acceptors (Lipinski definition) is 5. The summed E-state index contributed by atoms with van der Waals surface area (Å²) in [5, 5.41) is 8.15. The zero-order valence-electron chi connectivity index (χ0n) is 13.5. The maximum absolute atomic E-state index is 6.18. The molecule has 0 radical (unpaired) electrons. The van der Waals surface area contributed by atoms with E-state index in [1.54, 1.807) is 4.68 Å². The SMILES string of the molecule is Cc1ncnc(NC(C)COc2ccn(-c3ccccc3)n2)c1Cl. The smallest absolute Gasteiger partial charge is 0.233 e. The average molecular weight is 344 g/mol. The Hall–Kier alpha value is -2.60. The lowest BCUT2D eigenvalue weighted by molar-refractivity contribution is 0.290. The molecule has 0 amide bonds. The maximum Gasteiger partial charge on any atom is 0.233 e. The van der Waals surface area contributed by atoms with Crippen molar-refractivity contribution in [2.75, 3.05) is 11.9 Å². The molecule has 1 N–H and O–H groups in total. The summed E-state index contributed by atoms with van der Waals surface area (Å²) < 4.78 is 7.51. The lowest BCUT2D eigenvalue weighted by atomic mass is 10.3. The van der Waals surface area contributed by atoms with Crippen LogP contribution in [0.3, 0.4) is 0 Å². The van der Waals surface area contributed by atoms with E-state index < -0.39 is 0 Å². The quantitative estimate of drug-likeness (QED) is 0.742.